The number of likely N-dealkylation sites (tertiary alicyclic amines) is 1. The summed E-state index contributed by atoms with van der Waals surface area (Å²) in [5, 5.41) is 4.46. The quantitative estimate of drug-likeness (QED) is 0.759. The Morgan fingerprint density at radius 1 is 1.24 bits per heavy atom. The van der Waals surface area contributed by atoms with Gasteiger partial charge >= 0.3 is 5.97 Å². The molecular formula is C17H18ClN3O4. The lowest BCUT2D eigenvalue weighted by atomic mass is 10.2. The smallest absolute Gasteiger partial charge is 0.326 e. The van der Waals surface area contributed by atoms with Crippen LogP contribution in [0, 0.1) is 0 Å². The summed E-state index contributed by atoms with van der Waals surface area (Å²) in [6.07, 6.45) is 3.28. The SMILES string of the molecule is O=C(CN1CCCCCC1=O)OCc1nc(-c2ccc(Cl)cc2)no1. The molecule has 1 fully saturated rings. The summed E-state index contributed by atoms with van der Waals surface area (Å²) in [5.74, 6) is 0.102. The Bertz CT molecular complexity index is 745. The second kappa shape index (κ2) is 8.11. The highest BCUT2D eigenvalue weighted by atomic mass is 35.5. The lowest BCUT2D eigenvalue weighted by molar-refractivity contribution is -0.150. The number of amides is 1. The van der Waals surface area contributed by atoms with Crippen LogP contribution >= 0.6 is 11.6 Å². The average Bonchev–Trinajstić information content (AvgIpc) is 2.99. The summed E-state index contributed by atoms with van der Waals surface area (Å²) in [6, 6.07) is 7.00. The van der Waals surface area contributed by atoms with Crippen molar-refractivity contribution in [2.75, 3.05) is 13.1 Å². The van der Waals surface area contributed by atoms with Crippen LogP contribution in [0.4, 0.5) is 0 Å². The molecule has 1 saturated heterocycles. The largest absolute Gasteiger partial charge is 0.454 e. The van der Waals surface area contributed by atoms with Crippen LogP contribution in [0.1, 0.15) is 31.6 Å². The lowest BCUT2D eigenvalue weighted by Crippen LogP contribution is -2.35. The molecule has 1 aliphatic heterocycles. The van der Waals surface area contributed by atoms with Crippen LogP contribution in [0.2, 0.25) is 5.02 Å². The first kappa shape index (κ1) is 17.4. The second-order valence-corrected chi connectivity index (χ2v) is 6.24. The molecule has 1 aromatic heterocycles. The van der Waals surface area contributed by atoms with Crippen molar-refractivity contribution < 1.29 is 18.8 Å². The summed E-state index contributed by atoms with van der Waals surface area (Å²) >= 11 is 5.84. The summed E-state index contributed by atoms with van der Waals surface area (Å²) < 4.78 is 10.2. The fourth-order valence-corrected chi connectivity index (χ4v) is 2.71. The highest BCUT2D eigenvalue weighted by Crippen LogP contribution is 2.19. The van der Waals surface area contributed by atoms with E-state index in [-0.39, 0.29) is 24.9 Å². The summed E-state index contributed by atoms with van der Waals surface area (Å²) in [5.41, 5.74) is 0.751. The van der Waals surface area contributed by atoms with E-state index in [9.17, 15) is 9.59 Å². The Kier molecular flexibility index (Phi) is 5.65. The van der Waals surface area contributed by atoms with E-state index in [0.29, 0.717) is 23.8 Å². The van der Waals surface area contributed by atoms with Crippen molar-refractivity contribution in [3.8, 4) is 11.4 Å². The van der Waals surface area contributed by atoms with Gasteiger partial charge in [0, 0.05) is 23.6 Å². The predicted octanol–water partition coefficient (Wildman–Crippen LogP) is 2.84. The van der Waals surface area contributed by atoms with Crippen molar-refractivity contribution >= 4 is 23.5 Å². The Hall–Kier alpha value is -2.41. The first-order valence-electron chi connectivity index (χ1n) is 8.14. The fraction of sp³-hybridized carbons (Fsp3) is 0.412. The molecule has 8 heteroatoms. The van der Waals surface area contributed by atoms with E-state index in [2.05, 4.69) is 10.1 Å². The van der Waals surface area contributed by atoms with Gasteiger partial charge < -0.3 is 14.2 Å². The number of halogens is 1. The van der Waals surface area contributed by atoms with E-state index in [1.807, 2.05) is 0 Å². The molecule has 0 N–H and O–H groups in total. The first-order chi connectivity index (χ1) is 12.1. The van der Waals surface area contributed by atoms with Crippen molar-refractivity contribution in [2.45, 2.75) is 32.3 Å². The van der Waals surface area contributed by atoms with E-state index < -0.39 is 5.97 Å². The summed E-state index contributed by atoms with van der Waals surface area (Å²) in [4.78, 5) is 29.5. The normalized spacial score (nSPS) is 15.1. The highest BCUT2D eigenvalue weighted by molar-refractivity contribution is 6.30. The molecule has 1 aliphatic rings. The monoisotopic (exact) mass is 363 g/mol. The molecule has 2 heterocycles. The number of ether oxygens (including phenoxy) is 1. The maximum Gasteiger partial charge on any atom is 0.326 e. The fourth-order valence-electron chi connectivity index (χ4n) is 2.58. The number of carbonyl (C=O) groups is 2. The Morgan fingerprint density at radius 3 is 2.84 bits per heavy atom. The Labute approximate surface area is 149 Å². The van der Waals surface area contributed by atoms with Gasteiger partial charge in [0.25, 0.3) is 5.89 Å². The van der Waals surface area contributed by atoms with E-state index in [0.717, 1.165) is 24.8 Å². The maximum absolute atomic E-state index is 11.9. The molecule has 1 amide bonds. The van der Waals surface area contributed by atoms with Crippen molar-refractivity contribution in [3.63, 3.8) is 0 Å². The molecule has 0 atom stereocenters. The van der Waals surface area contributed by atoms with Crippen LogP contribution in [-0.2, 0) is 20.9 Å². The van der Waals surface area contributed by atoms with Crippen molar-refractivity contribution in [3.05, 3.63) is 35.2 Å². The van der Waals surface area contributed by atoms with Crippen LogP contribution in [0.5, 0.6) is 0 Å². The van der Waals surface area contributed by atoms with Crippen LogP contribution in [0.25, 0.3) is 11.4 Å². The van der Waals surface area contributed by atoms with Gasteiger partial charge in [-0.3, -0.25) is 9.59 Å². The van der Waals surface area contributed by atoms with Crippen molar-refractivity contribution in [2.24, 2.45) is 0 Å². The highest BCUT2D eigenvalue weighted by Gasteiger charge is 2.20. The standard InChI is InChI=1S/C17H18ClN3O4/c18-13-7-5-12(6-8-13)17-19-14(25-20-17)11-24-16(23)10-21-9-3-1-2-4-15(21)22/h5-8H,1-4,9-11H2. The van der Waals surface area contributed by atoms with Gasteiger partial charge in [-0.25, -0.2) is 0 Å². The number of hydrogen-bond donors (Lipinski definition) is 0. The molecule has 2 aromatic rings. The third-order valence-electron chi connectivity index (χ3n) is 3.92. The van der Waals surface area contributed by atoms with Gasteiger partial charge in [-0.1, -0.05) is 23.2 Å². The van der Waals surface area contributed by atoms with E-state index in [1.165, 1.54) is 0 Å². The molecule has 0 spiro atoms. The number of hydrogen-bond acceptors (Lipinski definition) is 6. The van der Waals surface area contributed by atoms with Crippen LogP contribution in [0.15, 0.2) is 28.8 Å². The molecule has 0 unspecified atom stereocenters. The van der Waals surface area contributed by atoms with E-state index in [4.69, 9.17) is 20.9 Å². The van der Waals surface area contributed by atoms with E-state index in [1.54, 1.807) is 29.2 Å². The number of aromatic nitrogens is 2. The molecule has 25 heavy (non-hydrogen) atoms. The number of rotatable bonds is 5. The topological polar surface area (TPSA) is 85.5 Å². The molecule has 0 radical (unpaired) electrons. The third kappa shape index (κ3) is 4.79. The maximum atomic E-state index is 11.9. The van der Waals surface area contributed by atoms with Gasteiger partial charge in [0.1, 0.15) is 6.54 Å². The minimum atomic E-state index is -0.485. The van der Waals surface area contributed by atoms with Gasteiger partial charge in [-0.2, -0.15) is 4.98 Å². The predicted molar refractivity (Wildman–Crippen MR) is 89.6 cm³/mol. The summed E-state index contributed by atoms with van der Waals surface area (Å²) in [7, 11) is 0. The number of nitrogens with zero attached hydrogens (tertiary/aromatic N) is 3. The van der Waals surface area contributed by atoms with Crippen LogP contribution in [-0.4, -0.2) is 40.0 Å². The number of carbonyl (C=O) groups excluding carboxylic acids is 2. The Balaban J connectivity index is 1.52. The van der Waals surface area contributed by atoms with Crippen molar-refractivity contribution in [1.29, 1.82) is 0 Å². The molecule has 132 valence electrons. The molecule has 0 bridgehead atoms. The number of esters is 1. The van der Waals surface area contributed by atoms with Gasteiger partial charge in [-0.15, -0.1) is 0 Å². The molecule has 3 rings (SSSR count). The zero-order valence-electron chi connectivity index (χ0n) is 13.6. The molecule has 7 nitrogen and oxygen atoms in total. The average molecular weight is 364 g/mol. The van der Waals surface area contributed by atoms with E-state index >= 15 is 0 Å². The van der Waals surface area contributed by atoms with Gasteiger partial charge in [-0.05, 0) is 37.1 Å². The van der Waals surface area contributed by atoms with Gasteiger partial charge in [0.2, 0.25) is 11.7 Å². The van der Waals surface area contributed by atoms with Gasteiger partial charge in [0.15, 0.2) is 6.61 Å². The molecule has 1 aromatic carbocycles. The van der Waals surface area contributed by atoms with Crippen LogP contribution < -0.4 is 0 Å². The lowest BCUT2D eigenvalue weighted by Gasteiger charge is -2.18. The zero-order chi connectivity index (χ0) is 17.6. The first-order valence-corrected chi connectivity index (χ1v) is 8.51. The number of benzene rings is 1. The molecular weight excluding hydrogens is 346 g/mol. The molecule has 0 aliphatic carbocycles. The zero-order valence-corrected chi connectivity index (χ0v) is 14.4. The third-order valence-corrected chi connectivity index (χ3v) is 4.17. The Morgan fingerprint density at radius 2 is 2.04 bits per heavy atom. The van der Waals surface area contributed by atoms with Gasteiger partial charge in [0.05, 0.1) is 0 Å². The molecule has 0 saturated carbocycles. The minimum absolute atomic E-state index is 0.00253. The second-order valence-electron chi connectivity index (χ2n) is 5.81. The minimum Gasteiger partial charge on any atom is -0.454 e. The van der Waals surface area contributed by atoms with Crippen LogP contribution in [0.3, 0.4) is 0 Å². The summed E-state index contributed by atoms with van der Waals surface area (Å²) in [6.45, 7) is 0.424. The van der Waals surface area contributed by atoms with Crippen molar-refractivity contribution in [1.82, 2.24) is 15.0 Å².